The molecular formula is C13H14O3. The van der Waals surface area contributed by atoms with Crippen molar-refractivity contribution in [3.8, 4) is 0 Å². The van der Waals surface area contributed by atoms with Gasteiger partial charge < -0.3 is 9.47 Å². The SMILES string of the molecule is CO[C@H]1C=CC(=O)[C@](C)(c2ccccc2)O1. The van der Waals surface area contributed by atoms with Gasteiger partial charge in [-0.1, -0.05) is 30.3 Å². The zero-order valence-corrected chi connectivity index (χ0v) is 9.34. The van der Waals surface area contributed by atoms with Crippen LogP contribution < -0.4 is 0 Å². The quantitative estimate of drug-likeness (QED) is 0.762. The third-order valence-corrected chi connectivity index (χ3v) is 2.78. The Balaban J connectivity index is 2.38. The third-order valence-electron chi connectivity index (χ3n) is 2.78. The van der Waals surface area contributed by atoms with Gasteiger partial charge in [0.2, 0.25) is 0 Å². The van der Waals surface area contributed by atoms with E-state index in [2.05, 4.69) is 0 Å². The van der Waals surface area contributed by atoms with Crippen LogP contribution in [0.2, 0.25) is 0 Å². The Morgan fingerprint density at radius 2 is 2.00 bits per heavy atom. The van der Waals surface area contributed by atoms with Crippen LogP contribution in [0, 0.1) is 0 Å². The maximum atomic E-state index is 11.9. The molecule has 1 aliphatic heterocycles. The molecule has 0 saturated heterocycles. The summed E-state index contributed by atoms with van der Waals surface area (Å²) in [5.74, 6) is -0.0630. The van der Waals surface area contributed by atoms with Crippen molar-refractivity contribution < 1.29 is 14.3 Å². The van der Waals surface area contributed by atoms with Gasteiger partial charge in [-0.3, -0.25) is 4.79 Å². The summed E-state index contributed by atoms with van der Waals surface area (Å²) in [6.07, 6.45) is 2.67. The summed E-state index contributed by atoms with van der Waals surface area (Å²) in [7, 11) is 1.55. The van der Waals surface area contributed by atoms with Gasteiger partial charge in [0, 0.05) is 7.11 Å². The van der Waals surface area contributed by atoms with Crippen LogP contribution in [-0.4, -0.2) is 19.2 Å². The average molecular weight is 218 g/mol. The van der Waals surface area contributed by atoms with Crippen molar-refractivity contribution in [2.75, 3.05) is 7.11 Å². The molecule has 3 nitrogen and oxygen atoms in total. The van der Waals surface area contributed by atoms with Gasteiger partial charge in [0.25, 0.3) is 0 Å². The zero-order valence-electron chi connectivity index (χ0n) is 9.34. The molecule has 0 fully saturated rings. The summed E-state index contributed by atoms with van der Waals surface area (Å²) >= 11 is 0. The number of carbonyl (C=O) groups is 1. The first kappa shape index (κ1) is 11.0. The summed E-state index contributed by atoms with van der Waals surface area (Å²) in [4.78, 5) is 11.9. The monoisotopic (exact) mass is 218 g/mol. The van der Waals surface area contributed by atoms with Gasteiger partial charge in [-0.15, -0.1) is 0 Å². The normalized spacial score (nSPS) is 29.4. The predicted molar refractivity (Wildman–Crippen MR) is 59.8 cm³/mol. The van der Waals surface area contributed by atoms with Crippen molar-refractivity contribution in [1.82, 2.24) is 0 Å². The number of carbonyl (C=O) groups excluding carboxylic acids is 1. The molecule has 0 radical (unpaired) electrons. The number of rotatable bonds is 2. The summed E-state index contributed by atoms with van der Waals surface area (Å²) in [6, 6.07) is 9.44. The van der Waals surface area contributed by atoms with Crippen LogP contribution >= 0.6 is 0 Å². The molecule has 16 heavy (non-hydrogen) atoms. The minimum absolute atomic E-state index is 0.0630. The largest absolute Gasteiger partial charge is 0.352 e. The van der Waals surface area contributed by atoms with E-state index in [1.807, 2.05) is 30.3 Å². The fraction of sp³-hybridized carbons (Fsp3) is 0.308. The molecule has 0 saturated carbocycles. The number of methoxy groups -OCH3 is 1. The molecule has 84 valence electrons. The molecule has 1 aromatic carbocycles. The lowest BCUT2D eigenvalue weighted by atomic mass is 9.89. The Morgan fingerprint density at radius 1 is 1.31 bits per heavy atom. The fourth-order valence-corrected chi connectivity index (χ4v) is 1.75. The first-order valence-electron chi connectivity index (χ1n) is 5.15. The lowest BCUT2D eigenvalue weighted by molar-refractivity contribution is -0.185. The van der Waals surface area contributed by atoms with Crippen molar-refractivity contribution in [3.63, 3.8) is 0 Å². The minimum atomic E-state index is -0.948. The highest BCUT2D eigenvalue weighted by atomic mass is 16.7. The summed E-state index contributed by atoms with van der Waals surface area (Å²) < 4.78 is 10.8. The topological polar surface area (TPSA) is 35.5 Å². The number of hydrogen-bond donors (Lipinski definition) is 0. The third kappa shape index (κ3) is 1.79. The molecule has 0 unspecified atom stereocenters. The van der Waals surface area contributed by atoms with Crippen molar-refractivity contribution >= 4 is 5.78 Å². The molecule has 1 aromatic rings. The van der Waals surface area contributed by atoms with E-state index in [1.54, 1.807) is 20.1 Å². The summed E-state index contributed by atoms with van der Waals surface area (Å²) in [5, 5.41) is 0. The average Bonchev–Trinajstić information content (AvgIpc) is 2.34. The Labute approximate surface area is 94.7 Å². The van der Waals surface area contributed by atoms with Gasteiger partial charge >= 0.3 is 0 Å². The van der Waals surface area contributed by atoms with Gasteiger partial charge in [-0.05, 0) is 24.6 Å². The Morgan fingerprint density at radius 3 is 2.62 bits per heavy atom. The van der Waals surface area contributed by atoms with E-state index >= 15 is 0 Å². The van der Waals surface area contributed by atoms with E-state index < -0.39 is 11.9 Å². The fourth-order valence-electron chi connectivity index (χ4n) is 1.75. The van der Waals surface area contributed by atoms with E-state index in [9.17, 15) is 4.79 Å². The van der Waals surface area contributed by atoms with Crippen molar-refractivity contribution in [2.45, 2.75) is 18.8 Å². The maximum Gasteiger partial charge on any atom is 0.191 e. The van der Waals surface area contributed by atoms with E-state index in [1.165, 1.54) is 6.08 Å². The van der Waals surface area contributed by atoms with E-state index in [0.717, 1.165) is 5.56 Å². The Kier molecular flexibility index (Phi) is 2.90. The second-order valence-corrected chi connectivity index (χ2v) is 3.84. The number of ether oxygens (including phenoxy) is 2. The van der Waals surface area contributed by atoms with Crippen LogP contribution in [0.1, 0.15) is 12.5 Å². The highest BCUT2D eigenvalue weighted by Crippen LogP contribution is 2.31. The highest BCUT2D eigenvalue weighted by Gasteiger charge is 2.39. The highest BCUT2D eigenvalue weighted by molar-refractivity contribution is 5.98. The number of ketones is 1. The molecule has 0 N–H and O–H groups in total. The Bertz CT molecular complexity index is 410. The first-order chi connectivity index (χ1) is 7.66. The van der Waals surface area contributed by atoms with Gasteiger partial charge in [-0.25, -0.2) is 0 Å². The lowest BCUT2D eigenvalue weighted by Crippen LogP contribution is -2.41. The minimum Gasteiger partial charge on any atom is -0.352 e. The molecule has 1 aliphatic rings. The van der Waals surface area contributed by atoms with Gasteiger partial charge in [-0.2, -0.15) is 0 Å². The molecule has 2 atom stereocenters. The van der Waals surface area contributed by atoms with Gasteiger partial charge in [0.05, 0.1) is 0 Å². The molecule has 3 heteroatoms. The van der Waals surface area contributed by atoms with Crippen LogP contribution in [0.5, 0.6) is 0 Å². The van der Waals surface area contributed by atoms with Crippen LogP contribution in [0.15, 0.2) is 42.5 Å². The van der Waals surface area contributed by atoms with Crippen LogP contribution in [0.25, 0.3) is 0 Å². The molecular weight excluding hydrogens is 204 g/mol. The standard InChI is InChI=1S/C13H14O3/c1-13(10-6-4-3-5-7-10)11(14)8-9-12(15-2)16-13/h3-9,12H,1-2H3/t12-,13+/m1/s1. The predicted octanol–water partition coefficient (Wildman–Crippen LogP) is 2.03. The van der Waals surface area contributed by atoms with Crippen molar-refractivity contribution in [1.29, 1.82) is 0 Å². The molecule has 1 heterocycles. The molecule has 0 amide bonds. The second kappa shape index (κ2) is 4.20. The van der Waals surface area contributed by atoms with Crippen LogP contribution in [0.4, 0.5) is 0 Å². The van der Waals surface area contributed by atoms with Gasteiger partial charge in [0.15, 0.2) is 17.7 Å². The van der Waals surface area contributed by atoms with E-state index in [-0.39, 0.29) is 5.78 Å². The van der Waals surface area contributed by atoms with Crippen LogP contribution in [0.3, 0.4) is 0 Å². The molecule has 2 rings (SSSR count). The van der Waals surface area contributed by atoms with Crippen molar-refractivity contribution in [2.24, 2.45) is 0 Å². The van der Waals surface area contributed by atoms with Crippen LogP contribution in [-0.2, 0) is 19.9 Å². The first-order valence-corrected chi connectivity index (χ1v) is 5.15. The van der Waals surface area contributed by atoms with E-state index in [4.69, 9.17) is 9.47 Å². The zero-order chi connectivity index (χ0) is 11.6. The second-order valence-electron chi connectivity index (χ2n) is 3.84. The van der Waals surface area contributed by atoms with Gasteiger partial charge in [0.1, 0.15) is 0 Å². The summed E-state index contributed by atoms with van der Waals surface area (Å²) in [5.41, 5.74) is -0.108. The molecule has 0 aliphatic carbocycles. The molecule has 0 spiro atoms. The number of hydrogen-bond acceptors (Lipinski definition) is 3. The maximum absolute atomic E-state index is 11.9. The number of benzene rings is 1. The molecule has 0 aromatic heterocycles. The molecule has 0 bridgehead atoms. The summed E-state index contributed by atoms with van der Waals surface area (Å²) in [6.45, 7) is 1.76. The lowest BCUT2D eigenvalue weighted by Gasteiger charge is -2.33. The van der Waals surface area contributed by atoms with Crippen molar-refractivity contribution in [3.05, 3.63) is 48.0 Å². The van der Waals surface area contributed by atoms with E-state index in [0.29, 0.717) is 0 Å². The smallest absolute Gasteiger partial charge is 0.191 e. The Hall–Kier alpha value is -1.45.